The van der Waals surface area contributed by atoms with Crippen LogP contribution in [-0.2, 0) is 13.0 Å². The minimum atomic E-state index is -4.67. The van der Waals surface area contributed by atoms with Gasteiger partial charge in [0.2, 0.25) is 0 Å². The van der Waals surface area contributed by atoms with E-state index in [1.54, 1.807) is 6.20 Å². The van der Waals surface area contributed by atoms with Crippen LogP contribution in [0.5, 0.6) is 11.5 Å². The minimum Gasteiger partial charge on any atom is -0.494 e. The summed E-state index contributed by atoms with van der Waals surface area (Å²) < 4.78 is 65.2. The zero-order valence-electron chi connectivity index (χ0n) is 18.6. The van der Waals surface area contributed by atoms with Gasteiger partial charge in [-0.3, -0.25) is 9.78 Å². The molecule has 2 aromatic heterocycles. The van der Waals surface area contributed by atoms with Gasteiger partial charge in [-0.1, -0.05) is 0 Å². The quantitative estimate of drug-likeness (QED) is 0.506. The van der Waals surface area contributed by atoms with Gasteiger partial charge < -0.3 is 14.4 Å². The number of fused-ring (bicyclic) bond motifs is 1. The number of hydrogen-bond donors (Lipinski definition) is 0. The average Bonchev–Trinajstić information content (AvgIpc) is 3.26. The van der Waals surface area contributed by atoms with E-state index in [2.05, 4.69) is 10.1 Å². The number of benzene rings is 1. The van der Waals surface area contributed by atoms with Gasteiger partial charge >= 0.3 is 6.18 Å². The Labute approximate surface area is 197 Å². The largest absolute Gasteiger partial charge is 0.494 e. The Hall–Kier alpha value is -4.14. The van der Waals surface area contributed by atoms with Crippen LogP contribution in [0.3, 0.4) is 0 Å². The van der Waals surface area contributed by atoms with E-state index in [9.17, 15) is 27.6 Å². The molecule has 3 heterocycles. The number of nitriles is 1. The standard InChI is InChI=1S/C23H19F4N5O3/c1-13(23(25,26)27)35-19-4-3-14(9-28)21(34-2)20(19)22(33)31-8-6-17-15(11-31)12-32(30-17)18-5-7-29-10-16(18)24/h3-5,7,10,12-13H,6,8,11H2,1-2H3/t13-/m0/s1. The molecule has 1 atom stereocenters. The summed E-state index contributed by atoms with van der Waals surface area (Å²) in [6.07, 6.45) is -2.47. The molecule has 0 unspecified atom stereocenters. The highest BCUT2D eigenvalue weighted by molar-refractivity contribution is 6.00. The Balaban J connectivity index is 1.68. The summed E-state index contributed by atoms with van der Waals surface area (Å²) >= 11 is 0. The first-order valence-electron chi connectivity index (χ1n) is 10.4. The molecule has 0 radical (unpaired) electrons. The molecule has 1 amide bonds. The van der Waals surface area contributed by atoms with Crippen molar-refractivity contribution in [2.75, 3.05) is 13.7 Å². The lowest BCUT2D eigenvalue weighted by atomic mass is 10.0. The molecular weight excluding hydrogens is 470 g/mol. The Morgan fingerprint density at radius 1 is 1.29 bits per heavy atom. The van der Waals surface area contributed by atoms with Gasteiger partial charge in [0.05, 0.1) is 24.6 Å². The molecule has 1 aliphatic heterocycles. The summed E-state index contributed by atoms with van der Waals surface area (Å²) in [6.45, 7) is 1.07. The van der Waals surface area contributed by atoms with Crippen LogP contribution < -0.4 is 9.47 Å². The van der Waals surface area contributed by atoms with Gasteiger partial charge in [0.25, 0.3) is 5.91 Å². The van der Waals surface area contributed by atoms with Gasteiger partial charge in [-0.25, -0.2) is 9.07 Å². The summed E-state index contributed by atoms with van der Waals surface area (Å²) in [6, 6.07) is 5.71. The van der Waals surface area contributed by atoms with Crippen molar-refractivity contribution in [3.8, 4) is 23.3 Å². The first kappa shape index (κ1) is 24.0. The molecular formula is C23H19F4N5O3. The fourth-order valence-corrected chi connectivity index (χ4v) is 3.74. The number of methoxy groups -OCH3 is 1. The number of amides is 1. The molecule has 0 bridgehead atoms. The molecule has 35 heavy (non-hydrogen) atoms. The number of halogens is 4. The molecule has 3 aromatic rings. The monoisotopic (exact) mass is 489 g/mol. The highest BCUT2D eigenvalue weighted by Gasteiger charge is 2.39. The fourth-order valence-electron chi connectivity index (χ4n) is 3.74. The zero-order chi connectivity index (χ0) is 25.3. The normalized spacial score (nSPS) is 14.1. The third kappa shape index (κ3) is 4.62. The number of aromatic nitrogens is 3. The summed E-state index contributed by atoms with van der Waals surface area (Å²) in [5.74, 6) is -1.77. The maximum Gasteiger partial charge on any atom is 0.425 e. The van der Waals surface area contributed by atoms with Crippen LogP contribution in [-0.4, -0.2) is 51.5 Å². The summed E-state index contributed by atoms with van der Waals surface area (Å²) in [5.41, 5.74) is 1.18. The Morgan fingerprint density at radius 3 is 2.71 bits per heavy atom. The molecule has 12 heteroatoms. The summed E-state index contributed by atoms with van der Waals surface area (Å²) in [7, 11) is 1.21. The van der Waals surface area contributed by atoms with Crippen molar-refractivity contribution in [3.05, 3.63) is 65.0 Å². The molecule has 0 N–H and O–H groups in total. The first-order chi connectivity index (χ1) is 16.6. The molecule has 0 spiro atoms. The topological polar surface area (TPSA) is 93.3 Å². The first-order valence-corrected chi connectivity index (χ1v) is 10.4. The van der Waals surface area contributed by atoms with E-state index in [-0.39, 0.29) is 41.4 Å². The molecule has 1 aromatic carbocycles. The highest BCUT2D eigenvalue weighted by atomic mass is 19.4. The summed E-state index contributed by atoms with van der Waals surface area (Å²) in [4.78, 5) is 18.6. The van der Waals surface area contributed by atoms with Crippen molar-refractivity contribution in [2.45, 2.75) is 32.2 Å². The van der Waals surface area contributed by atoms with Crippen molar-refractivity contribution >= 4 is 5.91 Å². The lowest BCUT2D eigenvalue weighted by Crippen LogP contribution is -2.37. The smallest absolute Gasteiger partial charge is 0.425 e. The van der Waals surface area contributed by atoms with Crippen LogP contribution in [0, 0.1) is 17.1 Å². The van der Waals surface area contributed by atoms with Crippen LogP contribution in [0.1, 0.15) is 34.1 Å². The average molecular weight is 489 g/mol. The van der Waals surface area contributed by atoms with E-state index in [1.165, 1.54) is 35.0 Å². The third-order valence-electron chi connectivity index (χ3n) is 5.56. The van der Waals surface area contributed by atoms with E-state index >= 15 is 0 Å². The second-order valence-electron chi connectivity index (χ2n) is 7.78. The van der Waals surface area contributed by atoms with Gasteiger partial charge in [0.1, 0.15) is 23.1 Å². The van der Waals surface area contributed by atoms with Crippen molar-refractivity contribution in [2.24, 2.45) is 0 Å². The number of nitrogens with zero attached hydrogens (tertiary/aromatic N) is 5. The maximum absolute atomic E-state index is 14.1. The molecule has 0 fully saturated rings. The predicted molar refractivity (Wildman–Crippen MR) is 114 cm³/mol. The second kappa shape index (κ2) is 9.25. The molecule has 0 saturated carbocycles. The number of carbonyl (C=O) groups excluding carboxylic acids is 1. The van der Waals surface area contributed by atoms with Gasteiger partial charge in [-0.05, 0) is 25.1 Å². The molecule has 1 aliphatic rings. The van der Waals surface area contributed by atoms with Crippen molar-refractivity contribution in [1.82, 2.24) is 19.7 Å². The number of hydrogen-bond acceptors (Lipinski definition) is 6. The Kier molecular flexibility index (Phi) is 6.34. The van der Waals surface area contributed by atoms with Gasteiger partial charge in [-0.2, -0.15) is 23.5 Å². The van der Waals surface area contributed by atoms with Crippen LogP contribution in [0.2, 0.25) is 0 Å². The van der Waals surface area contributed by atoms with Crippen molar-refractivity contribution < 1.29 is 31.8 Å². The van der Waals surface area contributed by atoms with Gasteiger partial charge in [0, 0.05) is 37.5 Å². The number of pyridine rings is 1. The van der Waals surface area contributed by atoms with Crippen LogP contribution in [0.25, 0.3) is 5.69 Å². The van der Waals surface area contributed by atoms with Gasteiger partial charge in [-0.15, -0.1) is 0 Å². The van der Waals surface area contributed by atoms with E-state index < -0.39 is 24.0 Å². The Morgan fingerprint density at radius 2 is 2.06 bits per heavy atom. The molecule has 182 valence electrons. The minimum absolute atomic E-state index is 0.0263. The number of ether oxygens (including phenoxy) is 2. The number of alkyl halides is 3. The number of rotatable bonds is 5. The number of carbonyl (C=O) groups is 1. The second-order valence-corrected chi connectivity index (χ2v) is 7.78. The predicted octanol–water partition coefficient (Wildman–Crippen LogP) is 3.81. The van der Waals surface area contributed by atoms with Crippen LogP contribution in [0.15, 0.2) is 36.8 Å². The third-order valence-corrected chi connectivity index (χ3v) is 5.56. The van der Waals surface area contributed by atoms with Gasteiger partial charge in [0.15, 0.2) is 17.7 Å². The zero-order valence-corrected chi connectivity index (χ0v) is 18.6. The van der Waals surface area contributed by atoms with Crippen LogP contribution >= 0.6 is 0 Å². The van der Waals surface area contributed by atoms with Crippen molar-refractivity contribution in [1.29, 1.82) is 5.26 Å². The molecule has 0 saturated heterocycles. The lowest BCUT2D eigenvalue weighted by molar-refractivity contribution is -0.189. The maximum atomic E-state index is 14.1. The lowest BCUT2D eigenvalue weighted by Gasteiger charge is -2.28. The molecule has 8 nitrogen and oxygen atoms in total. The van der Waals surface area contributed by atoms with E-state index in [4.69, 9.17) is 9.47 Å². The fraction of sp³-hybridized carbons (Fsp3) is 0.304. The summed E-state index contributed by atoms with van der Waals surface area (Å²) in [5, 5.41) is 13.8. The highest BCUT2D eigenvalue weighted by Crippen LogP contribution is 2.36. The van der Waals surface area contributed by atoms with Crippen molar-refractivity contribution in [3.63, 3.8) is 0 Å². The van der Waals surface area contributed by atoms with E-state index in [0.717, 1.165) is 19.2 Å². The van der Waals surface area contributed by atoms with E-state index in [0.29, 0.717) is 17.7 Å². The Bertz CT molecular complexity index is 1320. The molecule has 4 rings (SSSR count). The SMILES string of the molecule is COc1c(C#N)ccc(O[C@@H](C)C(F)(F)F)c1C(=O)N1CCc2nn(-c3ccncc3F)cc2C1. The van der Waals surface area contributed by atoms with Crippen LogP contribution in [0.4, 0.5) is 17.6 Å². The molecule has 0 aliphatic carbocycles. The van der Waals surface area contributed by atoms with E-state index in [1.807, 2.05) is 6.07 Å².